The molecule has 2 aromatic carbocycles. The zero-order chi connectivity index (χ0) is 14.9. The molecule has 0 unspecified atom stereocenters. The van der Waals surface area contributed by atoms with Crippen LogP contribution in [0.1, 0.15) is 36.8 Å². The Morgan fingerprint density at radius 1 is 0.952 bits per heavy atom. The zero-order valence-corrected chi connectivity index (χ0v) is 11.8. The van der Waals surface area contributed by atoms with Gasteiger partial charge in [0.15, 0.2) is 11.6 Å². The molecule has 3 rings (SSSR count). The lowest BCUT2D eigenvalue weighted by Gasteiger charge is -2.30. The van der Waals surface area contributed by atoms with Crippen LogP contribution in [0.15, 0.2) is 42.5 Å². The number of hydrogen-bond acceptors (Lipinski definition) is 2. The van der Waals surface area contributed by atoms with Gasteiger partial charge < -0.3 is 10.2 Å². The maximum Gasteiger partial charge on any atom is 0.165 e. The zero-order valence-electron chi connectivity index (χ0n) is 11.8. The largest absolute Gasteiger partial charge is 0.508 e. The molecule has 1 aliphatic carbocycles. The maximum absolute atomic E-state index is 13.7. The molecular weight excluding hydrogens is 267 g/mol. The smallest absolute Gasteiger partial charge is 0.165 e. The van der Waals surface area contributed by atoms with Gasteiger partial charge in [0.1, 0.15) is 5.75 Å². The second-order valence-corrected chi connectivity index (χ2v) is 6.00. The number of rotatable bonds is 3. The van der Waals surface area contributed by atoms with Crippen LogP contribution < -0.4 is 0 Å². The van der Waals surface area contributed by atoms with Crippen LogP contribution in [0.4, 0.5) is 4.39 Å². The number of aromatic hydroxyl groups is 2. The van der Waals surface area contributed by atoms with Crippen molar-refractivity contribution >= 4 is 0 Å². The fourth-order valence-electron chi connectivity index (χ4n) is 3.46. The average Bonchev–Trinajstić information content (AvgIpc) is 2.94. The van der Waals surface area contributed by atoms with Crippen LogP contribution in [0.3, 0.4) is 0 Å². The number of benzene rings is 2. The van der Waals surface area contributed by atoms with E-state index in [9.17, 15) is 14.6 Å². The van der Waals surface area contributed by atoms with Gasteiger partial charge in [-0.25, -0.2) is 4.39 Å². The number of phenols is 2. The lowest BCUT2D eigenvalue weighted by Crippen LogP contribution is -2.25. The molecule has 0 atom stereocenters. The van der Waals surface area contributed by atoms with Gasteiger partial charge in [0.25, 0.3) is 0 Å². The first-order chi connectivity index (χ1) is 10.1. The van der Waals surface area contributed by atoms with Gasteiger partial charge in [0, 0.05) is 0 Å². The van der Waals surface area contributed by atoms with Crippen LogP contribution in [0, 0.1) is 5.82 Å². The Kier molecular flexibility index (Phi) is 3.58. The van der Waals surface area contributed by atoms with Crippen LogP contribution in [0.25, 0.3) is 0 Å². The van der Waals surface area contributed by atoms with E-state index in [1.807, 2.05) is 18.2 Å². The molecule has 2 nitrogen and oxygen atoms in total. The minimum Gasteiger partial charge on any atom is -0.508 e. The number of hydrogen-bond donors (Lipinski definition) is 2. The summed E-state index contributed by atoms with van der Waals surface area (Å²) in [5, 5.41) is 18.8. The molecule has 0 radical (unpaired) electrons. The Morgan fingerprint density at radius 2 is 1.62 bits per heavy atom. The molecule has 0 heterocycles. The molecule has 0 amide bonds. The predicted octanol–water partition coefficient (Wildman–Crippen LogP) is 4.29. The molecule has 3 heteroatoms. The SMILES string of the molecule is Oc1ccc(CC2(c3ccc(O)c(F)c3)CCCC2)cc1. The van der Waals surface area contributed by atoms with E-state index in [2.05, 4.69) is 0 Å². The van der Waals surface area contributed by atoms with E-state index in [0.717, 1.165) is 43.2 Å². The summed E-state index contributed by atoms with van der Waals surface area (Å²) in [5.74, 6) is -0.587. The van der Waals surface area contributed by atoms with E-state index in [-0.39, 0.29) is 16.9 Å². The van der Waals surface area contributed by atoms with Crippen LogP contribution in [-0.4, -0.2) is 10.2 Å². The predicted molar refractivity (Wildman–Crippen MR) is 80.0 cm³/mol. The van der Waals surface area contributed by atoms with Crippen LogP contribution in [-0.2, 0) is 11.8 Å². The summed E-state index contributed by atoms with van der Waals surface area (Å²) in [5.41, 5.74) is 2.04. The highest BCUT2D eigenvalue weighted by Gasteiger charge is 2.36. The van der Waals surface area contributed by atoms with Gasteiger partial charge in [-0.05, 0) is 60.1 Å². The first-order valence-electron chi connectivity index (χ1n) is 7.36. The Hall–Kier alpha value is -2.03. The highest BCUT2D eigenvalue weighted by molar-refractivity contribution is 5.36. The topological polar surface area (TPSA) is 40.5 Å². The van der Waals surface area contributed by atoms with Crippen LogP contribution in [0.2, 0.25) is 0 Å². The van der Waals surface area contributed by atoms with Gasteiger partial charge >= 0.3 is 0 Å². The molecule has 0 aliphatic heterocycles. The Balaban J connectivity index is 1.95. The first-order valence-corrected chi connectivity index (χ1v) is 7.36. The molecule has 0 aromatic heterocycles. The summed E-state index contributed by atoms with van der Waals surface area (Å²) in [6, 6.07) is 12.0. The molecule has 2 aromatic rings. The van der Waals surface area contributed by atoms with Crippen LogP contribution in [0.5, 0.6) is 11.5 Å². The second kappa shape index (κ2) is 5.40. The van der Waals surface area contributed by atoms with Crippen molar-refractivity contribution in [3.05, 3.63) is 59.4 Å². The molecule has 21 heavy (non-hydrogen) atoms. The Bertz CT molecular complexity index is 628. The number of halogens is 1. The lowest BCUT2D eigenvalue weighted by molar-refractivity contribution is 0.415. The van der Waals surface area contributed by atoms with E-state index >= 15 is 0 Å². The third kappa shape index (κ3) is 2.73. The normalized spacial score (nSPS) is 17.0. The molecular formula is C18H19FO2. The third-order valence-electron chi connectivity index (χ3n) is 4.60. The molecule has 0 bridgehead atoms. The van der Waals surface area contributed by atoms with E-state index in [1.54, 1.807) is 12.1 Å². The molecule has 1 aliphatic rings. The van der Waals surface area contributed by atoms with Gasteiger partial charge in [0.2, 0.25) is 0 Å². The summed E-state index contributed by atoms with van der Waals surface area (Å²) in [4.78, 5) is 0. The van der Waals surface area contributed by atoms with Gasteiger partial charge in [0.05, 0.1) is 0 Å². The molecule has 1 fully saturated rings. The quantitative estimate of drug-likeness (QED) is 0.883. The van der Waals surface area contributed by atoms with Crippen molar-refractivity contribution in [1.82, 2.24) is 0 Å². The molecule has 110 valence electrons. The molecule has 2 N–H and O–H groups in total. The minimum absolute atomic E-state index is 0.0640. The van der Waals surface area contributed by atoms with Crippen molar-refractivity contribution < 1.29 is 14.6 Å². The van der Waals surface area contributed by atoms with Crippen molar-refractivity contribution in [3.8, 4) is 11.5 Å². The summed E-state index contributed by atoms with van der Waals surface area (Å²) in [6.07, 6.45) is 5.16. The monoisotopic (exact) mass is 286 g/mol. The maximum atomic E-state index is 13.7. The van der Waals surface area contributed by atoms with E-state index < -0.39 is 5.82 Å². The van der Waals surface area contributed by atoms with Gasteiger partial charge in [-0.1, -0.05) is 31.0 Å². The first kappa shape index (κ1) is 13.9. The molecule has 0 saturated heterocycles. The van der Waals surface area contributed by atoms with Crippen molar-refractivity contribution in [3.63, 3.8) is 0 Å². The van der Waals surface area contributed by atoms with Crippen molar-refractivity contribution in [2.45, 2.75) is 37.5 Å². The van der Waals surface area contributed by atoms with Crippen molar-refractivity contribution in [2.24, 2.45) is 0 Å². The molecule has 1 saturated carbocycles. The van der Waals surface area contributed by atoms with E-state index in [4.69, 9.17) is 0 Å². The average molecular weight is 286 g/mol. The van der Waals surface area contributed by atoms with Crippen LogP contribution >= 0.6 is 0 Å². The minimum atomic E-state index is -0.551. The Labute approximate surface area is 123 Å². The van der Waals surface area contributed by atoms with Crippen molar-refractivity contribution in [2.75, 3.05) is 0 Å². The van der Waals surface area contributed by atoms with E-state index in [0.29, 0.717) is 0 Å². The Morgan fingerprint density at radius 3 is 2.24 bits per heavy atom. The fourth-order valence-corrected chi connectivity index (χ4v) is 3.46. The van der Waals surface area contributed by atoms with E-state index in [1.165, 1.54) is 12.1 Å². The third-order valence-corrected chi connectivity index (χ3v) is 4.60. The summed E-state index contributed by atoms with van der Waals surface area (Å²) in [6.45, 7) is 0. The van der Waals surface area contributed by atoms with Gasteiger partial charge in [-0.15, -0.1) is 0 Å². The van der Waals surface area contributed by atoms with Gasteiger partial charge in [-0.3, -0.25) is 0 Å². The number of phenolic OH excluding ortho intramolecular Hbond substituents is 2. The highest BCUT2D eigenvalue weighted by atomic mass is 19.1. The standard InChI is InChI=1S/C18H19FO2/c19-16-11-14(5-8-17(16)21)18(9-1-2-10-18)12-13-3-6-15(20)7-4-13/h3-8,11,20-21H,1-2,9-10,12H2. The second-order valence-electron chi connectivity index (χ2n) is 6.00. The highest BCUT2D eigenvalue weighted by Crippen LogP contribution is 2.44. The summed E-state index contributed by atoms with van der Waals surface area (Å²) in [7, 11) is 0. The summed E-state index contributed by atoms with van der Waals surface area (Å²) >= 11 is 0. The fraction of sp³-hybridized carbons (Fsp3) is 0.333. The van der Waals surface area contributed by atoms with Gasteiger partial charge in [-0.2, -0.15) is 0 Å². The molecule has 0 spiro atoms. The van der Waals surface area contributed by atoms with Crippen molar-refractivity contribution in [1.29, 1.82) is 0 Å². The summed E-state index contributed by atoms with van der Waals surface area (Å²) < 4.78 is 13.7. The lowest BCUT2D eigenvalue weighted by atomic mass is 9.74.